The minimum absolute atomic E-state index is 0.240. The normalized spacial score (nSPS) is 13.9. The molecule has 0 aromatic heterocycles. The molecule has 0 bridgehead atoms. The van der Waals surface area contributed by atoms with E-state index in [0.29, 0.717) is 0 Å². The minimum Gasteiger partial charge on any atom is -0.495 e. The summed E-state index contributed by atoms with van der Waals surface area (Å²) in [6.07, 6.45) is 1.86. The molecule has 3 aromatic carbocycles. The van der Waals surface area contributed by atoms with Crippen molar-refractivity contribution in [3.05, 3.63) is 48.0 Å². The zero-order valence-electron chi connectivity index (χ0n) is 15.7. The third-order valence-electron chi connectivity index (χ3n) is 5.12. The fourth-order valence-corrected chi connectivity index (χ4v) is 3.81. The van der Waals surface area contributed by atoms with Crippen LogP contribution < -0.4 is 9.47 Å². The van der Waals surface area contributed by atoms with Gasteiger partial charge in [0, 0.05) is 34.6 Å². The highest BCUT2D eigenvalue weighted by Crippen LogP contribution is 2.42. The van der Waals surface area contributed by atoms with E-state index >= 15 is 0 Å². The maximum absolute atomic E-state index is 12.1. The number of fused-ring (bicyclic) bond motifs is 2. The predicted octanol–water partition coefficient (Wildman–Crippen LogP) is 4.74. The van der Waals surface area contributed by atoms with Gasteiger partial charge in [-0.3, -0.25) is 0 Å². The number of carbonyl (C=O) groups is 1. The molecule has 1 aliphatic rings. The van der Waals surface area contributed by atoms with Gasteiger partial charge in [-0.25, -0.2) is 4.79 Å². The lowest BCUT2D eigenvalue weighted by atomic mass is 9.99. The summed E-state index contributed by atoms with van der Waals surface area (Å²) in [5, 5.41) is 3.93. The van der Waals surface area contributed by atoms with Crippen molar-refractivity contribution in [2.75, 3.05) is 27.3 Å². The van der Waals surface area contributed by atoms with Crippen LogP contribution in [0.15, 0.2) is 42.5 Å². The first kappa shape index (κ1) is 17.5. The van der Waals surface area contributed by atoms with E-state index in [-0.39, 0.29) is 12.7 Å². The van der Waals surface area contributed by atoms with Crippen molar-refractivity contribution >= 4 is 27.6 Å². The number of rotatable bonds is 4. The van der Waals surface area contributed by atoms with Crippen LogP contribution >= 0.6 is 0 Å². The second-order valence-electron chi connectivity index (χ2n) is 6.74. The summed E-state index contributed by atoms with van der Waals surface area (Å²) in [5.41, 5.74) is 0.922. The summed E-state index contributed by atoms with van der Waals surface area (Å²) in [6.45, 7) is 1.81. The van der Waals surface area contributed by atoms with Crippen molar-refractivity contribution in [1.29, 1.82) is 0 Å². The van der Waals surface area contributed by atoms with E-state index < -0.39 is 0 Å². The Hall–Kier alpha value is -2.95. The third-order valence-corrected chi connectivity index (χ3v) is 5.12. The van der Waals surface area contributed by atoms with Gasteiger partial charge in [0.25, 0.3) is 0 Å². The van der Waals surface area contributed by atoms with Gasteiger partial charge >= 0.3 is 6.09 Å². The van der Waals surface area contributed by atoms with Crippen molar-refractivity contribution in [2.45, 2.75) is 19.4 Å². The minimum atomic E-state index is -0.240. The fraction of sp³-hybridized carbons (Fsp3) is 0.318. The Kier molecular flexibility index (Phi) is 4.75. The maximum Gasteiger partial charge on any atom is 0.410 e. The monoisotopic (exact) mass is 365 g/mol. The average Bonchev–Trinajstić information content (AvgIpc) is 3.25. The smallest absolute Gasteiger partial charge is 0.410 e. The number of carbonyl (C=O) groups excluding carboxylic acids is 1. The molecule has 0 saturated carbocycles. The lowest BCUT2D eigenvalue weighted by molar-refractivity contribution is 0.104. The number of benzene rings is 3. The summed E-state index contributed by atoms with van der Waals surface area (Å²) in [5.74, 6) is 1.62. The Balaban J connectivity index is 1.72. The highest BCUT2D eigenvalue weighted by Gasteiger charge is 2.20. The maximum atomic E-state index is 12.1. The average molecular weight is 365 g/mol. The molecule has 1 heterocycles. The second-order valence-corrected chi connectivity index (χ2v) is 6.74. The second kappa shape index (κ2) is 7.35. The molecule has 0 radical (unpaired) electrons. The molecule has 3 aromatic rings. The first-order chi connectivity index (χ1) is 13.2. The van der Waals surface area contributed by atoms with Crippen LogP contribution in [0.1, 0.15) is 18.4 Å². The van der Waals surface area contributed by atoms with E-state index in [9.17, 15) is 4.79 Å². The number of amides is 1. The Morgan fingerprint density at radius 1 is 0.889 bits per heavy atom. The molecule has 4 rings (SSSR count). The standard InChI is InChI=1S/C22H23NO4/c1-25-20-16-7-3-4-8-17(16)21(26-2)19-13-15(9-10-18(19)20)14-27-22(24)23-11-5-6-12-23/h3-4,7-10,13H,5-6,11-12,14H2,1-2H3. The van der Waals surface area contributed by atoms with E-state index in [0.717, 1.165) is 64.5 Å². The number of hydrogen-bond donors (Lipinski definition) is 0. The van der Waals surface area contributed by atoms with E-state index in [4.69, 9.17) is 14.2 Å². The van der Waals surface area contributed by atoms with Crippen LogP contribution in [-0.4, -0.2) is 38.3 Å². The SMILES string of the molecule is COc1c2ccccc2c(OC)c2cc(COC(=O)N3CCCC3)ccc12. The van der Waals surface area contributed by atoms with Crippen molar-refractivity contribution in [2.24, 2.45) is 0 Å². The zero-order valence-corrected chi connectivity index (χ0v) is 15.7. The molecule has 0 spiro atoms. The van der Waals surface area contributed by atoms with E-state index in [1.165, 1.54) is 0 Å². The van der Waals surface area contributed by atoms with Crippen molar-refractivity contribution < 1.29 is 19.0 Å². The lowest BCUT2D eigenvalue weighted by Gasteiger charge is -2.17. The van der Waals surface area contributed by atoms with E-state index in [2.05, 4.69) is 0 Å². The number of hydrogen-bond acceptors (Lipinski definition) is 4. The fourth-order valence-electron chi connectivity index (χ4n) is 3.81. The van der Waals surface area contributed by atoms with Gasteiger partial charge in [-0.05, 0) is 24.5 Å². The molecule has 1 aliphatic heterocycles. The lowest BCUT2D eigenvalue weighted by Crippen LogP contribution is -2.28. The van der Waals surface area contributed by atoms with Crippen LogP contribution in [0.5, 0.6) is 11.5 Å². The van der Waals surface area contributed by atoms with Crippen LogP contribution in [-0.2, 0) is 11.3 Å². The predicted molar refractivity (Wildman–Crippen MR) is 106 cm³/mol. The molecule has 140 valence electrons. The molecule has 0 N–H and O–H groups in total. The molecular weight excluding hydrogens is 342 g/mol. The summed E-state index contributed by atoms with van der Waals surface area (Å²) >= 11 is 0. The van der Waals surface area contributed by atoms with Gasteiger partial charge in [-0.1, -0.05) is 36.4 Å². The Bertz CT molecular complexity index is 992. The summed E-state index contributed by atoms with van der Waals surface area (Å²) in [6, 6.07) is 14.0. The Morgan fingerprint density at radius 2 is 1.48 bits per heavy atom. The number of ether oxygens (including phenoxy) is 3. The number of nitrogens with zero attached hydrogens (tertiary/aromatic N) is 1. The summed E-state index contributed by atoms with van der Waals surface area (Å²) in [7, 11) is 3.35. The molecule has 27 heavy (non-hydrogen) atoms. The summed E-state index contributed by atoms with van der Waals surface area (Å²) < 4.78 is 16.9. The van der Waals surface area contributed by atoms with Crippen LogP contribution in [0.25, 0.3) is 21.5 Å². The van der Waals surface area contributed by atoms with Crippen molar-refractivity contribution in [3.8, 4) is 11.5 Å². The molecule has 0 atom stereocenters. The van der Waals surface area contributed by atoms with Crippen LogP contribution in [0.3, 0.4) is 0 Å². The van der Waals surface area contributed by atoms with Crippen molar-refractivity contribution in [1.82, 2.24) is 4.90 Å². The molecule has 5 nitrogen and oxygen atoms in total. The molecule has 0 unspecified atom stereocenters. The highest BCUT2D eigenvalue weighted by molar-refractivity contribution is 6.11. The van der Waals surface area contributed by atoms with Gasteiger partial charge in [0.2, 0.25) is 0 Å². The van der Waals surface area contributed by atoms with E-state index in [1.807, 2.05) is 42.5 Å². The van der Waals surface area contributed by atoms with Gasteiger partial charge in [0.1, 0.15) is 18.1 Å². The molecule has 1 saturated heterocycles. The largest absolute Gasteiger partial charge is 0.495 e. The summed E-state index contributed by atoms with van der Waals surface area (Å²) in [4.78, 5) is 13.9. The quantitative estimate of drug-likeness (QED) is 0.627. The van der Waals surface area contributed by atoms with Crippen molar-refractivity contribution in [3.63, 3.8) is 0 Å². The van der Waals surface area contributed by atoms with Gasteiger partial charge in [-0.15, -0.1) is 0 Å². The molecule has 1 amide bonds. The molecule has 1 fully saturated rings. The third kappa shape index (κ3) is 3.14. The van der Waals surface area contributed by atoms with E-state index in [1.54, 1.807) is 19.1 Å². The van der Waals surface area contributed by atoms with Gasteiger partial charge in [0.05, 0.1) is 14.2 Å². The van der Waals surface area contributed by atoms with Gasteiger partial charge in [-0.2, -0.15) is 0 Å². The topological polar surface area (TPSA) is 48.0 Å². The number of likely N-dealkylation sites (tertiary alicyclic amines) is 1. The Morgan fingerprint density at radius 3 is 2.11 bits per heavy atom. The van der Waals surface area contributed by atoms with Crippen LogP contribution in [0.2, 0.25) is 0 Å². The van der Waals surface area contributed by atoms with Gasteiger partial charge < -0.3 is 19.1 Å². The first-order valence-corrected chi connectivity index (χ1v) is 9.20. The van der Waals surface area contributed by atoms with Gasteiger partial charge in [0.15, 0.2) is 0 Å². The van der Waals surface area contributed by atoms with Crippen LogP contribution in [0.4, 0.5) is 4.79 Å². The highest BCUT2D eigenvalue weighted by atomic mass is 16.6. The van der Waals surface area contributed by atoms with Crippen LogP contribution in [0, 0.1) is 0 Å². The first-order valence-electron chi connectivity index (χ1n) is 9.20. The zero-order chi connectivity index (χ0) is 18.8. The number of methoxy groups -OCH3 is 2. The molecule has 5 heteroatoms. The molecular formula is C22H23NO4. The Labute approximate surface area is 158 Å². The molecule has 0 aliphatic carbocycles.